The van der Waals surface area contributed by atoms with E-state index < -0.39 is 6.04 Å². The highest BCUT2D eigenvalue weighted by Crippen LogP contribution is 2.12. The van der Waals surface area contributed by atoms with Gasteiger partial charge in [-0.1, -0.05) is 6.42 Å². The van der Waals surface area contributed by atoms with E-state index in [1.165, 1.54) is 0 Å². The molecule has 3 N–H and O–H groups in total. The van der Waals surface area contributed by atoms with Crippen LogP contribution in [0.15, 0.2) is 0 Å². The van der Waals surface area contributed by atoms with E-state index in [0.29, 0.717) is 18.8 Å². The molecule has 1 fully saturated rings. The zero-order valence-electron chi connectivity index (χ0n) is 10.7. The van der Waals surface area contributed by atoms with Crippen LogP contribution in [0.3, 0.4) is 0 Å². The number of hydrogen-bond acceptors (Lipinski definition) is 3. The van der Waals surface area contributed by atoms with Crippen LogP contribution in [0.4, 0.5) is 5.95 Å². The van der Waals surface area contributed by atoms with E-state index in [2.05, 4.69) is 20.6 Å². The lowest BCUT2D eigenvalue weighted by molar-refractivity contribution is -0.126. The van der Waals surface area contributed by atoms with E-state index >= 15 is 0 Å². The molecule has 0 radical (unpaired) electrons. The predicted molar refractivity (Wildman–Crippen MR) is 67.1 cm³/mol. The molecule has 18 heavy (non-hydrogen) atoms. The molecule has 0 aromatic carbocycles. The number of amides is 2. The zero-order valence-corrected chi connectivity index (χ0v) is 10.7. The van der Waals surface area contributed by atoms with Crippen molar-refractivity contribution >= 4 is 17.8 Å². The SMILES string of the molecule is Cc1nc(NC(=O)[C@H]2CCCCC(=O)N2)[nH]c1C. The molecule has 0 saturated carbocycles. The van der Waals surface area contributed by atoms with E-state index in [-0.39, 0.29) is 11.8 Å². The standard InChI is InChI=1S/C12H18N4O2/c1-7-8(2)14-12(13-7)16-11(18)9-5-3-4-6-10(17)15-9/h9H,3-6H2,1-2H3,(H,15,17)(H2,13,14,16,18)/t9-/m1/s1. The van der Waals surface area contributed by atoms with Gasteiger partial charge in [0, 0.05) is 12.1 Å². The van der Waals surface area contributed by atoms with Crippen molar-refractivity contribution in [2.24, 2.45) is 0 Å². The van der Waals surface area contributed by atoms with E-state index in [4.69, 9.17) is 0 Å². The van der Waals surface area contributed by atoms with Crippen molar-refractivity contribution in [2.45, 2.75) is 45.6 Å². The van der Waals surface area contributed by atoms with Crippen molar-refractivity contribution < 1.29 is 9.59 Å². The van der Waals surface area contributed by atoms with Crippen molar-refractivity contribution in [1.82, 2.24) is 15.3 Å². The fourth-order valence-electron chi connectivity index (χ4n) is 1.98. The number of rotatable bonds is 2. The minimum absolute atomic E-state index is 0.0561. The van der Waals surface area contributed by atoms with Crippen LogP contribution in [0.1, 0.15) is 37.1 Å². The summed E-state index contributed by atoms with van der Waals surface area (Å²) in [7, 11) is 0. The Balaban J connectivity index is 2.00. The van der Waals surface area contributed by atoms with Gasteiger partial charge in [0.1, 0.15) is 6.04 Å². The number of nitrogens with zero attached hydrogens (tertiary/aromatic N) is 1. The Hall–Kier alpha value is -1.85. The summed E-state index contributed by atoms with van der Waals surface area (Å²) in [5.74, 6) is 0.173. The average molecular weight is 250 g/mol. The number of anilines is 1. The molecular formula is C12H18N4O2. The number of aromatic nitrogens is 2. The highest BCUT2D eigenvalue weighted by molar-refractivity contribution is 5.96. The molecule has 1 saturated heterocycles. The molecule has 1 aromatic heterocycles. The van der Waals surface area contributed by atoms with Crippen LogP contribution in [-0.2, 0) is 9.59 Å². The Morgan fingerprint density at radius 1 is 1.39 bits per heavy atom. The first kappa shape index (κ1) is 12.6. The van der Waals surface area contributed by atoms with Gasteiger partial charge in [0.15, 0.2) is 0 Å². The normalized spacial score (nSPS) is 20.1. The second-order valence-electron chi connectivity index (χ2n) is 4.65. The maximum absolute atomic E-state index is 12.0. The molecule has 2 heterocycles. The van der Waals surface area contributed by atoms with E-state index in [0.717, 1.165) is 24.2 Å². The molecule has 0 aliphatic carbocycles. The van der Waals surface area contributed by atoms with Crippen molar-refractivity contribution in [3.63, 3.8) is 0 Å². The quantitative estimate of drug-likeness (QED) is 0.732. The molecule has 2 amide bonds. The summed E-state index contributed by atoms with van der Waals surface area (Å²) in [5.41, 5.74) is 1.78. The van der Waals surface area contributed by atoms with Gasteiger partial charge in [0.2, 0.25) is 17.8 Å². The number of nitrogens with one attached hydrogen (secondary N) is 3. The number of imidazole rings is 1. The van der Waals surface area contributed by atoms with Gasteiger partial charge in [0.05, 0.1) is 5.69 Å². The topological polar surface area (TPSA) is 86.9 Å². The van der Waals surface area contributed by atoms with Gasteiger partial charge in [-0.2, -0.15) is 0 Å². The van der Waals surface area contributed by atoms with Gasteiger partial charge in [-0.3, -0.25) is 14.9 Å². The van der Waals surface area contributed by atoms with Crippen molar-refractivity contribution in [3.8, 4) is 0 Å². The molecule has 6 nitrogen and oxygen atoms in total. The first-order valence-corrected chi connectivity index (χ1v) is 6.19. The summed E-state index contributed by atoms with van der Waals surface area (Å²) in [6.45, 7) is 3.76. The van der Waals surface area contributed by atoms with Crippen LogP contribution in [0.2, 0.25) is 0 Å². The van der Waals surface area contributed by atoms with Crippen LogP contribution in [-0.4, -0.2) is 27.8 Å². The first-order valence-electron chi connectivity index (χ1n) is 6.19. The summed E-state index contributed by atoms with van der Waals surface area (Å²) >= 11 is 0. The largest absolute Gasteiger partial charge is 0.344 e. The molecule has 1 atom stereocenters. The summed E-state index contributed by atoms with van der Waals surface area (Å²) in [4.78, 5) is 30.6. The zero-order chi connectivity index (χ0) is 13.1. The monoisotopic (exact) mass is 250 g/mol. The van der Waals surface area contributed by atoms with Crippen molar-refractivity contribution in [3.05, 3.63) is 11.4 Å². The lowest BCUT2D eigenvalue weighted by Gasteiger charge is -2.14. The van der Waals surface area contributed by atoms with Crippen LogP contribution in [0, 0.1) is 13.8 Å². The van der Waals surface area contributed by atoms with Gasteiger partial charge in [-0.25, -0.2) is 4.98 Å². The van der Waals surface area contributed by atoms with Crippen molar-refractivity contribution in [2.75, 3.05) is 5.32 Å². The van der Waals surface area contributed by atoms with Crippen LogP contribution >= 0.6 is 0 Å². The fourth-order valence-corrected chi connectivity index (χ4v) is 1.98. The van der Waals surface area contributed by atoms with Gasteiger partial charge < -0.3 is 10.3 Å². The number of carbonyl (C=O) groups is 2. The summed E-state index contributed by atoms with van der Waals surface area (Å²) in [6, 6.07) is -0.453. The molecule has 1 aliphatic heterocycles. The Labute approximate surface area is 106 Å². The second-order valence-corrected chi connectivity index (χ2v) is 4.65. The number of H-pyrrole nitrogens is 1. The van der Waals surface area contributed by atoms with Crippen LogP contribution in [0.25, 0.3) is 0 Å². The maximum atomic E-state index is 12.0. The molecule has 1 aliphatic rings. The second kappa shape index (κ2) is 5.20. The molecular weight excluding hydrogens is 232 g/mol. The Bertz CT molecular complexity index is 447. The van der Waals surface area contributed by atoms with Crippen molar-refractivity contribution in [1.29, 1.82) is 0 Å². The van der Waals surface area contributed by atoms with Gasteiger partial charge in [-0.05, 0) is 26.7 Å². The lowest BCUT2D eigenvalue weighted by atomic mass is 10.1. The smallest absolute Gasteiger partial charge is 0.249 e. The third kappa shape index (κ3) is 2.88. The molecule has 0 bridgehead atoms. The fraction of sp³-hybridized carbons (Fsp3) is 0.583. The Morgan fingerprint density at radius 2 is 2.17 bits per heavy atom. The highest BCUT2D eigenvalue weighted by Gasteiger charge is 2.23. The summed E-state index contributed by atoms with van der Waals surface area (Å²) < 4.78 is 0. The molecule has 2 rings (SSSR count). The van der Waals surface area contributed by atoms with Crippen LogP contribution < -0.4 is 10.6 Å². The first-order chi connectivity index (χ1) is 8.56. The average Bonchev–Trinajstić information content (AvgIpc) is 2.53. The minimum atomic E-state index is -0.453. The number of aromatic amines is 1. The maximum Gasteiger partial charge on any atom is 0.249 e. The van der Waals surface area contributed by atoms with E-state index in [9.17, 15) is 9.59 Å². The predicted octanol–water partition coefficient (Wildman–Crippen LogP) is 1.02. The summed E-state index contributed by atoms with van der Waals surface area (Å²) in [5, 5.41) is 5.43. The van der Waals surface area contributed by atoms with E-state index in [1.807, 2.05) is 13.8 Å². The molecule has 6 heteroatoms. The number of aryl methyl sites for hydroxylation is 2. The molecule has 0 unspecified atom stereocenters. The van der Waals surface area contributed by atoms with Gasteiger partial charge in [0.25, 0.3) is 0 Å². The molecule has 0 spiro atoms. The number of hydrogen-bond donors (Lipinski definition) is 3. The minimum Gasteiger partial charge on any atom is -0.344 e. The highest BCUT2D eigenvalue weighted by atomic mass is 16.2. The third-order valence-electron chi connectivity index (χ3n) is 3.17. The van der Waals surface area contributed by atoms with Gasteiger partial charge in [-0.15, -0.1) is 0 Å². The Morgan fingerprint density at radius 3 is 2.83 bits per heavy atom. The van der Waals surface area contributed by atoms with Gasteiger partial charge >= 0.3 is 0 Å². The lowest BCUT2D eigenvalue weighted by Crippen LogP contribution is -2.42. The molecule has 1 aromatic rings. The third-order valence-corrected chi connectivity index (χ3v) is 3.17. The molecule has 98 valence electrons. The van der Waals surface area contributed by atoms with Crippen LogP contribution in [0.5, 0.6) is 0 Å². The van der Waals surface area contributed by atoms with E-state index in [1.54, 1.807) is 0 Å². The summed E-state index contributed by atoms with van der Waals surface area (Å²) in [6.07, 6.45) is 2.90. The Kier molecular flexibility index (Phi) is 3.64. The number of carbonyl (C=O) groups excluding carboxylic acids is 2.